The first kappa shape index (κ1) is 15.0. The van der Waals surface area contributed by atoms with Crippen LogP contribution in [0.15, 0.2) is 0 Å². The summed E-state index contributed by atoms with van der Waals surface area (Å²) in [6.45, 7) is 5.76. The summed E-state index contributed by atoms with van der Waals surface area (Å²) in [7, 11) is 0. The highest BCUT2D eigenvalue weighted by Crippen LogP contribution is 2.35. The van der Waals surface area contributed by atoms with Crippen molar-refractivity contribution in [2.75, 3.05) is 26.3 Å². The van der Waals surface area contributed by atoms with E-state index in [-0.39, 0.29) is 0 Å². The van der Waals surface area contributed by atoms with Crippen molar-refractivity contribution in [3.05, 3.63) is 0 Å². The molecule has 3 nitrogen and oxygen atoms in total. The van der Waals surface area contributed by atoms with Crippen LogP contribution in [0.4, 0.5) is 0 Å². The van der Waals surface area contributed by atoms with Gasteiger partial charge in [-0.05, 0) is 57.2 Å². The number of likely N-dealkylation sites (tertiary alicyclic amines) is 1. The Bertz CT molecular complexity index is 283. The molecule has 19 heavy (non-hydrogen) atoms. The molecule has 0 aromatic rings. The number of piperidine rings is 1. The maximum absolute atomic E-state index is 5.59. The average Bonchev–Trinajstić information content (AvgIpc) is 2.46. The molecular weight excluding hydrogens is 256 g/mol. The molecule has 1 saturated carbocycles. The first-order valence-corrected chi connectivity index (χ1v) is 8.36. The van der Waals surface area contributed by atoms with Gasteiger partial charge in [-0.25, -0.2) is 0 Å². The second-order valence-corrected chi connectivity index (χ2v) is 6.12. The minimum atomic E-state index is 0.717. The van der Waals surface area contributed by atoms with E-state index in [1.54, 1.807) is 0 Å². The van der Waals surface area contributed by atoms with Gasteiger partial charge >= 0.3 is 0 Å². The summed E-state index contributed by atoms with van der Waals surface area (Å²) in [5.74, 6) is 0.894. The Hall–Kier alpha value is -0.350. The van der Waals surface area contributed by atoms with Crippen LogP contribution in [0.25, 0.3) is 0 Å². The van der Waals surface area contributed by atoms with Gasteiger partial charge in [0.05, 0.1) is 0 Å². The van der Waals surface area contributed by atoms with Crippen LogP contribution in [-0.4, -0.2) is 42.4 Å². The van der Waals surface area contributed by atoms with Crippen LogP contribution in [0.2, 0.25) is 0 Å². The van der Waals surface area contributed by atoms with E-state index in [0.29, 0.717) is 0 Å². The normalized spacial score (nSPS) is 26.9. The average molecular weight is 284 g/mol. The Morgan fingerprint density at radius 2 is 2.05 bits per heavy atom. The molecule has 0 bridgehead atoms. The number of thiocarbonyl (C=S) groups is 1. The van der Waals surface area contributed by atoms with E-state index < -0.39 is 0 Å². The highest BCUT2D eigenvalue weighted by molar-refractivity contribution is 7.80. The van der Waals surface area contributed by atoms with Gasteiger partial charge in [0, 0.05) is 32.3 Å². The van der Waals surface area contributed by atoms with Gasteiger partial charge in [-0.1, -0.05) is 12.8 Å². The van der Waals surface area contributed by atoms with Crippen LogP contribution >= 0.6 is 12.2 Å². The number of fused-ring (bicyclic) bond motifs is 1. The molecule has 1 saturated heterocycles. The van der Waals surface area contributed by atoms with Crippen molar-refractivity contribution in [3.8, 4) is 0 Å². The predicted molar refractivity (Wildman–Crippen MR) is 83.4 cm³/mol. The third-order valence-corrected chi connectivity index (χ3v) is 4.83. The molecule has 1 heterocycles. The molecule has 4 heteroatoms. The van der Waals surface area contributed by atoms with Gasteiger partial charge in [-0.15, -0.1) is 0 Å². The molecular formula is C15H28N2OS. The third kappa shape index (κ3) is 4.32. The molecule has 0 unspecified atom stereocenters. The lowest BCUT2D eigenvalue weighted by atomic mass is 9.78. The molecule has 1 aliphatic carbocycles. The van der Waals surface area contributed by atoms with Crippen LogP contribution in [0.5, 0.6) is 0 Å². The SMILES string of the molecule is CCOCCCNC(=S)N1CCC[C@H]2CCCC[C@H]21. The van der Waals surface area contributed by atoms with Gasteiger partial charge in [0.15, 0.2) is 5.11 Å². The molecule has 0 amide bonds. The number of nitrogens with one attached hydrogen (secondary N) is 1. The lowest BCUT2D eigenvalue weighted by Crippen LogP contribution is -2.53. The third-order valence-electron chi connectivity index (χ3n) is 4.45. The van der Waals surface area contributed by atoms with Crippen molar-refractivity contribution < 1.29 is 4.74 Å². The van der Waals surface area contributed by atoms with Gasteiger partial charge in [0.1, 0.15) is 0 Å². The number of nitrogens with zero attached hydrogens (tertiary/aromatic N) is 1. The second kappa shape index (κ2) is 8.05. The molecule has 2 aliphatic rings. The highest BCUT2D eigenvalue weighted by Gasteiger charge is 2.34. The van der Waals surface area contributed by atoms with E-state index in [0.717, 1.165) is 49.8 Å². The molecule has 2 fully saturated rings. The summed E-state index contributed by atoms with van der Waals surface area (Å²) in [6.07, 6.45) is 9.31. The monoisotopic (exact) mass is 284 g/mol. The van der Waals surface area contributed by atoms with Crippen molar-refractivity contribution in [1.82, 2.24) is 10.2 Å². The largest absolute Gasteiger partial charge is 0.382 e. The zero-order valence-corrected chi connectivity index (χ0v) is 13.0. The quantitative estimate of drug-likeness (QED) is 0.620. The zero-order valence-electron chi connectivity index (χ0n) is 12.2. The zero-order chi connectivity index (χ0) is 13.5. The summed E-state index contributed by atoms with van der Waals surface area (Å²) < 4.78 is 5.35. The van der Waals surface area contributed by atoms with Crippen molar-refractivity contribution in [2.45, 2.75) is 57.9 Å². The fourth-order valence-corrected chi connectivity index (χ4v) is 3.82. The van der Waals surface area contributed by atoms with Crippen LogP contribution in [0, 0.1) is 5.92 Å². The summed E-state index contributed by atoms with van der Waals surface area (Å²) >= 11 is 5.59. The van der Waals surface area contributed by atoms with Gasteiger partial charge in [0.2, 0.25) is 0 Å². The van der Waals surface area contributed by atoms with Gasteiger partial charge in [-0.2, -0.15) is 0 Å². The molecule has 1 aliphatic heterocycles. The van der Waals surface area contributed by atoms with Crippen molar-refractivity contribution >= 4 is 17.3 Å². The molecule has 1 N–H and O–H groups in total. The summed E-state index contributed by atoms with van der Waals surface area (Å²) in [4.78, 5) is 2.48. The Morgan fingerprint density at radius 3 is 2.89 bits per heavy atom. The lowest BCUT2D eigenvalue weighted by molar-refractivity contribution is 0.117. The van der Waals surface area contributed by atoms with Crippen LogP contribution in [-0.2, 0) is 4.74 Å². The summed E-state index contributed by atoms with van der Waals surface area (Å²) in [5, 5.41) is 4.40. The number of rotatable bonds is 5. The van der Waals surface area contributed by atoms with Crippen LogP contribution in [0.1, 0.15) is 51.9 Å². The van der Waals surface area contributed by atoms with E-state index in [1.807, 2.05) is 6.92 Å². The van der Waals surface area contributed by atoms with E-state index in [1.165, 1.54) is 38.5 Å². The maximum atomic E-state index is 5.59. The number of hydrogen-bond donors (Lipinski definition) is 1. The number of hydrogen-bond acceptors (Lipinski definition) is 2. The molecule has 0 aromatic heterocycles. The first-order valence-electron chi connectivity index (χ1n) is 7.95. The maximum Gasteiger partial charge on any atom is 0.169 e. The lowest BCUT2D eigenvalue weighted by Gasteiger charge is -2.45. The fourth-order valence-electron chi connectivity index (χ4n) is 3.49. The summed E-state index contributed by atoms with van der Waals surface area (Å²) in [5.41, 5.74) is 0. The minimum Gasteiger partial charge on any atom is -0.382 e. The molecule has 0 radical (unpaired) electrons. The van der Waals surface area contributed by atoms with Crippen molar-refractivity contribution in [3.63, 3.8) is 0 Å². The topological polar surface area (TPSA) is 24.5 Å². The van der Waals surface area contributed by atoms with Gasteiger partial charge < -0.3 is 15.0 Å². The van der Waals surface area contributed by atoms with E-state index in [9.17, 15) is 0 Å². The standard InChI is InChI=1S/C15H28N2OS/c1-2-18-12-6-10-16-15(19)17-11-5-8-13-7-3-4-9-14(13)17/h13-14H,2-12H2,1H3,(H,16,19)/t13-,14-/m1/s1. The molecule has 0 aromatic carbocycles. The second-order valence-electron chi connectivity index (χ2n) is 5.73. The molecule has 0 spiro atoms. The Balaban J connectivity index is 1.74. The Morgan fingerprint density at radius 1 is 1.26 bits per heavy atom. The van der Waals surface area contributed by atoms with Gasteiger partial charge in [-0.3, -0.25) is 0 Å². The smallest absolute Gasteiger partial charge is 0.169 e. The van der Waals surface area contributed by atoms with Crippen molar-refractivity contribution in [1.29, 1.82) is 0 Å². The van der Waals surface area contributed by atoms with E-state index in [2.05, 4.69) is 10.2 Å². The molecule has 2 atom stereocenters. The summed E-state index contributed by atoms with van der Waals surface area (Å²) in [6, 6.07) is 0.717. The van der Waals surface area contributed by atoms with E-state index in [4.69, 9.17) is 17.0 Å². The Kier molecular flexibility index (Phi) is 6.38. The van der Waals surface area contributed by atoms with E-state index >= 15 is 0 Å². The Labute approximate surface area is 123 Å². The van der Waals surface area contributed by atoms with Crippen LogP contribution in [0.3, 0.4) is 0 Å². The molecule has 2 rings (SSSR count). The van der Waals surface area contributed by atoms with Crippen LogP contribution < -0.4 is 5.32 Å². The minimum absolute atomic E-state index is 0.717. The fraction of sp³-hybridized carbons (Fsp3) is 0.933. The van der Waals surface area contributed by atoms with Crippen molar-refractivity contribution in [2.24, 2.45) is 5.92 Å². The first-order chi connectivity index (χ1) is 9.33. The predicted octanol–water partition coefficient (Wildman–Crippen LogP) is 2.94. The molecule has 110 valence electrons. The highest BCUT2D eigenvalue weighted by atomic mass is 32.1. The number of ether oxygens (including phenoxy) is 1. The van der Waals surface area contributed by atoms with Gasteiger partial charge in [0.25, 0.3) is 0 Å².